The normalized spacial score (nSPS) is 29.1. The molecule has 0 spiro atoms. The zero-order chi connectivity index (χ0) is 12.5. The summed E-state index contributed by atoms with van der Waals surface area (Å²) in [5.74, 6) is 3.41. The highest BCUT2D eigenvalue weighted by molar-refractivity contribution is 5.22. The van der Waals surface area contributed by atoms with Gasteiger partial charge in [0.2, 0.25) is 0 Å². The Morgan fingerprint density at radius 1 is 1.11 bits per heavy atom. The molecule has 1 aromatic carbocycles. The molecule has 1 nitrogen and oxygen atoms in total. The molecule has 0 radical (unpaired) electrons. The van der Waals surface area contributed by atoms with Gasteiger partial charge in [0, 0.05) is 25.6 Å². The average molecular weight is 243 g/mol. The molecule has 98 valence electrons. The van der Waals surface area contributed by atoms with E-state index >= 15 is 0 Å². The van der Waals surface area contributed by atoms with Crippen LogP contribution in [0, 0.1) is 17.8 Å². The second kappa shape index (κ2) is 5.05. The zero-order valence-electron chi connectivity index (χ0n) is 11.7. The van der Waals surface area contributed by atoms with Crippen LogP contribution in [0.25, 0.3) is 0 Å². The lowest BCUT2D eigenvalue weighted by Gasteiger charge is -2.22. The van der Waals surface area contributed by atoms with Crippen molar-refractivity contribution < 1.29 is 0 Å². The zero-order valence-corrected chi connectivity index (χ0v) is 11.7. The minimum Gasteiger partial charge on any atom is -0.302 e. The Morgan fingerprint density at radius 2 is 1.83 bits per heavy atom. The van der Waals surface area contributed by atoms with Gasteiger partial charge in [-0.2, -0.15) is 0 Å². The first kappa shape index (κ1) is 12.2. The van der Waals surface area contributed by atoms with Crippen molar-refractivity contribution in [1.29, 1.82) is 0 Å². The van der Waals surface area contributed by atoms with Gasteiger partial charge in [0.15, 0.2) is 0 Å². The van der Waals surface area contributed by atoms with Crippen molar-refractivity contribution in [3.05, 3.63) is 35.9 Å². The SMILES string of the molecule is CC(C)[C@H]1CN(CC2CC2)C[C@@H]1c1ccccc1. The maximum absolute atomic E-state index is 2.72. The van der Waals surface area contributed by atoms with Gasteiger partial charge in [0.25, 0.3) is 0 Å². The maximum atomic E-state index is 2.72. The fourth-order valence-electron chi connectivity index (χ4n) is 3.46. The molecule has 3 rings (SSSR count). The second-order valence-corrected chi connectivity index (χ2v) is 6.59. The van der Waals surface area contributed by atoms with Gasteiger partial charge in [-0.05, 0) is 36.2 Å². The Bertz CT molecular complexity index is 380. The van der Waals surface area contributed by atoms with E-state index in [-0.39, 0.29) is 0 Å². The molecule has 1 saturated carbocycles. The van der Waals surface area contributed by atoms with Crippen LogP contribution in [0.4, 0.5) is 0 Å². The van der Waals surface area contributed by atoms with E-state index in [9.17, 15) is 0 Å². The summed E-state index contributed by atoms with van der Waals surface area (Å²) in [5, 5.41) is 0. The standard InChI is InChI=1S/C17H25N/c1-13(2)16-11-18(10-14-8-9-14)12-17(16)15-6-4-3-5-7-15/h3-7,13-14,16-17H,8-12H2,1-2H3/t16-,17-/m1/s1. The summed E-state index contributed by atoms with van der Waals surface area (Å²) in [6, 6.07) is 11.2. The first-order valence-electron chi connectivity index (χ1n) is 7.51. The van der Waals surface area contributed by atoms with Crippen LogP contribution in [0.15, 0.2) is 30.3 Å². The third kappa shape index (κ3) is 2.61. The van der Waals surface area contributed by atoms with Crippen molar-refractivity contribution in [1.82, 2.24) is 4.90 Å². The largest absolute Gasteiger partial charge is 0.302 e. The van der Waals surface area contributed by atoms with E-state index in [1.165, 1.54) is 32.5 Å². The van der Waals surface area contributed by atoms with Gasteiger partial charge in [-0.15, -0.1) is 0 Å². The molecule has 18 heavy (non-hydrogen) atoms. The van der Waals surface area contributed by atoms with Crippen LogP contribution in [0.1, 0.15) is 38.2 Å². The van der Waals surface area contributed by atoms with E-state index in [2.05, 4.69) is 49.1 Å². The molecule has 1 aromatic rings. The summed E-state index contributed by atoms with van der Waals surface area (Å²) < 4.78 is 0. The van der Waals surface area contributed by atoms with Crippen LogP contribution >= 0.6 is 0 Å². The van der Waals surface area contributed by atoms with Crippen molar-refractivity contribution in [3.8, 4) is 0 Å². The van der Waals surface area contributed by atoms with Crippen LogP contribution < -0.4 is 0 Å². The van der Waals surface area contributed by atoms with Gasteiger partial charge in [0.1, 0.15) is 0 Å². The number of hydrogen-bond acceptors (Lipinski definition) is 1. The fourth-order valence-corrected chi connectivity index (χ4v) is 3.46. The van der Waals surface area contributed by atoms with Crippen molar-refractivity contribution in [2.45, 2.75) is 32.6 Å². The van der Waals surface area contributed by atoms with Crippen LogP contribution in [-0.2, 0) is 0 Å². The van der Waals surface area contributed by atoms with E-state index in [1.54, 1.807) is 5.56 Å². The molecular weight excluding hydrogens is 218 g/mol. The van der Waals surface area contributed by atoms with Crippen molar-refractivity contribution in [2.75, 3.05) is 19.6 Å². The molecular formula is C17H25N. The summed E-state index contributed by atoms with van der Waals surface area (Å²) in [5.41, 5.74) is 1.55. The third-order valence-corrected chi connectivity index (χ3v) is 4.74. The lowest BCUT2D eigenvalue weighted by Crippen LogP contribution is -2.24. The molecule has 2 fully saturated rings. The summed E-state index contributed by atoms with van der Waals surface area (Å²) in [4.78, 5) is 2.72. The van der Waals surface area contributed by atoms with Crippen molar-refractivity contribution >= 4 is 0 Å². The highest BCUT2D eigenvalue weighted by atomic mass is 15.2. The van der Waals surface area contributed by atoms with Crippen molar-refractivity contribution in [3.63, 3.8) is 0 Å². The number of likely N-dealkylation sites (tertiary alicyclic amines) is 1. The van der Waals surface area contributed by atoms with E-state index in [0.717, 1.165) is 23.7 Å². The van der Waals surface area contributed by atoms with Gasteiger partial charge in [-0.25, -0.2) is 0 Å². The number of nitrogens with zero attached hydrogens (tertiary/aromatic N) is 1. The molecule has 0 unspecified atom stereocenters. The lowest BCUT2D eigenvalue weighted by atomic mass is 9.82. The molecule has 1 aliphatic heterocycles. The summed E-state index contributed by atoms with van der Waals surface area (Å²) in [6.45, 7) is 8.73. The first-order valence-corrected chi connectivity index (χ1v) is 7.51. The Kier molecular flexibility index (Phi) is 3.43. The molecule has 0 aromatic heterocycles. The molecule has 0 N–H and O–H groups in total. The quantitative estimate of drug-likeness (QED) is 0.778. The predicted molar refractivity (Wildman–Crippen MR) is 76.7 cm³/mol. The van der Waals surface area contributed by atoms with Crippen molar-refractivity contribution in [2.24, 2.45) is 17.8 Å². The number of benzene rings is 1. The monoisotopic (exact) mass is 243 g/mol. The molecule has 1 heteroatoms. The van der Waals surface area contributed by atoms with Crippen LogP contribution in [0.3, 0.4) is 0 Å². The Morgan fingerprint density at radius 3 is 2.44 bits per heavy atom. The fraction of sp³-hybridized carbons (Fsp3) is 0.647. The molecule has 1 saturated heterocycles. The smallest absolute Gasteiger partial charge is 0.00538 e. The molecule has 1 aliphatic carbocycles. The van der Waals surface area contributed by atoms with Crippen LogP contribution in [0.2, 0.25) is 0 Å². The van der Waals surface area contributed by atoms with Gasteiger partial charge in [-0.3, -0.25) is 0 Å². The highest BCUT2D eigenvalue weighted by Crippen LogP contribution is 2.39. The molecule has 2 atom stereocenters. The van der Waals surface area contributed by atoms with E-state index < -0.39 is 0 Å². The van der Waals surface area contributed by atoms with Gasteiger partial charge >= 0.3 is 0 Å². The van der Waals surface area contributed by atoms with E-state index in [1.807, 2.05) is 0 Å². The minimum atomic E-state index is 0.755. The molecule has 1 heterocycles. The topological polar surface area (TPSA) is 3.24 Å². The molecule has 0 amide bonds. The van der Waals surface area contributed by atoms with Crippen LogP contribution in [-0.4, -0.2) is 24.5 Å². The Labute approximate surface area is 111 Å². The van der Waals surface area contributed by atoms with Gasteiger partial charge < -0.3 is 4.90 Å². The summed E-state index contributed by atoms with van der Waals surface area (Å²) in [7, 11) is 0. The minimum absolute atomic E-state index is 0.755. The van der Waals surface area contributed by atoms with Gasteiger partial charge in [0.05, 0.1) is 0 Å². The molecule has 0 bridgehead atoms. The lowest BCUT2D eigenvalue weighted by molar-refractivity contribution is 0.293. The summed E-state index contributed by atoms with van der Waals surface area (Å²) >= 11 is 0. The summed E-state index contributed by atoms with van der Waals surface area (Å²) in [6.07, 6.45) is 2.94. The molecule has 2 aliphatic rings. The van der Waals surface area contributed by atoms with Gasteiger partial charge in [-0.1, -0.05) is 44.2 Å². The third-order valence-electron chi connectivity index (χ3n) is 4.74. The van der Waals surface area contributed by atoms with E-state index in [0.29, 0.717) is 0 Å². The first-order chi connectivity index (χ1) is 8.74. The number of hydrogen-bond donors (Lipinski definition) is 0. The van der Waals surface area contributed by atoms with E-state index in [4.69, 9.17) is 0 Å². The second-order valence-electron chi connectivity index (χ2n) is 6.59. The number of rotatable bonds is 4. The highest BCUT2D eigenvalue weighted by Gasteiger charge is 2.37. The maximum Gasteiger partial charge on any atom is 0.00538 e. The Balaban J connectivity index is 1.74. The Hall–Kier alpha value is -0.820. The average Bonchev–Trinajstić information content (AvgIpc) is 3.07. The van der Waals surface area contributed by atoms with Crippen LogP contribution in [0.5, 0.6) is 0 Å². The predicted octanol–water partition coefficient (Wildman–Crippen LogP) is 3.77.